The molecule has 0 radical (unpaired) electrons. The minimum atomic E-state index is -0.614. The Labute approximate surface area is 113 Å². The number of hydrogen-bond donors (Lipinski definition) is 3. The lowest BCUT2D eigenvalue weighted by Gasteiger charge is -2.10. The largest absolute Gasteiger partial charge is 0.506 e. The number of nitro benzene ring substituents is 1. The number of hydrogen-bond acceptors (Lipinski definition) is 5. The number of anilines is 1. The third-order valence-electron chi connectivity index (χ3n) is 2.63. The normalized spacial score (nSPS) is 13.7. The molecule has 1 saturated carbocycles. The fraction of sp³-hybridized carbons (Fsp3) is 0.273. The van der Waals surface area contributed by atoms with Crippen molar-refractivity contribution in [3.8, 4) is 5.75 Å². The van der Waals surface area contributed by atoms with Gasteiger partial charge >= 0.3 is 0 Å². The van der Waals surface area contributed by atoms with Crippen molar-refractivity contribution in [3.63, 3.8) is 0 Å². The van der Waals surface area contributed by atoms with Gasteiger partial charge in [0.15, 0.2) is 5.11 Å². The van der Waals surface area contributed by atoms with Crippen LogP contribution < -0.4 is 10.6 Å². The number of phenolic OH excluding ortho intramolecular Hbond substituents is 1. The molecule has 0 unspecified atom stereocenters. The average Bonchev–Trinajstić information content (AvgIpc) is 3.15. The van der Waals surface area contributed by atoms with E-state index in [-0.39, 0.29) is 34.1 Å². The van der Waals surface area contributed by atoms with E-state index < -0.39 is 4.92 Å². The third kappa shape index (κ3) is 3.38. The van der Waals surface area contributed by atoms with Crippen molar-refractivity contribution in [2.45, 2.75) is 12.8 Å². The lowest BCUT2D eigenvalue weighted by atomic mass is 10.2. The highest BCUT2D eigenvalue weighted by Gasteiger charge is 2.30. The standard InChI is InChI=1S/C11H11N3O4S/c15-9-5-7(14(17)18)3-4-8(9)12-11(19)13-10(16)6-1-2-6/h3-6,15H,1-2H2,(H2,12,13,16,19). The summed E-state index contributed by atoms with van der Waals surface area (Å²) in [4.78, 5) is 21.3. The van der Waals surface area contributed by atoms with Gasteiger partial charge in [0.2, 0.25) is 5.91 Å². The molecule has 2 rings (SSSR count). The first kappa shape index (κ1) is 13.2. The quantitative estimate of drug-likeness (QED) is 0.336. The molecule has 1 fully saturated rings. The molecule has 3 N–H and O–H groups in total. The van der Waals surface area contributed by atoms with E-state index >= 15 is 0 Å². The van der Waals surface area contributed by atoms with Gasteiger partial charge in [-0.15, -0.1) is 0 Å². The molecule has 0 spiro atoms. The minimum absolute atomic E-state index is 0.0187. The van der Waals surface area contributed by atoms with Gasteiger partial charge in [0, 0.05) is 12.0 Å². The number of non-ortho nitro benzene ring substituents is 1. The number of carbonyl (C=O) groups excluding carboxylic acids is 1. The van der Waals surface area contributed by atoms with Crippen LogP contribution in [0.3, 0.4) is 0 Å². The first-order valence-corrected chi connectivity index (χ1v) is 5.97. The van der Waals surface area contributed by atoms with Gasteiger partial charge in [-0.2, -0.15) is 0 Å². The molecule has 0 saturated heterocycles. The first-order valence-electron chi connectivity index (χ1n) is 5.56. The zero-order valence-corrected chi connectivity index (χ0v) is 10.6. The second kappa shape index (κ2) is 5.19. The fourth-order valence-corrected chi connectivity index (χ4v) is 1.66. The maximum Gasteiger partial charge on any atom is 0.273 e. The Hall–Kier alpha value is -2.22. The maximum atomic E-state index is 11.4. The Balaban J connectivity index is 2.00. The molecule has 0 aliphatic heterocycles. The van der Waals surface area contributed by atoms with Crippen LogP contribution in [0, 0.1) is 16.0 Å². The van der Waals surface area contributed by atoms with Crippen molar-refractivity contribution >= 4 is 34.6 Å². The van der Waals surface area contributed by atoms with Gasteiger partial charge in [0.1, 0.15) is 5.75 Å². The molecule has 1 aromatic rings. The van der Waals surface area contributed by atoms with Crippen molar-refractivity contribution in [3.05, 3.63) is 28.3 Å². The second-order valence-electron chi connectivity index (χ2n) is 4.18. The third-order valence-corrected chi connectivity index (χ3v) is 2.83. The molecule has 0 aromatic heterocycles. The molecule has 19 heavy (non-hydrogen) atoms. The highest BCUT2D eigenvalue weighted by atomic mass is 32.1. The molecule has 0 heterocycles. The molecular formula is C11H11N3O4S. The van der Waals surface area contributed by atoms with Crippen LogP contribution in [0.2, 0.25) is 0 Å². The molecule has 100 valence electrons. The number of carbonyl (C=O) groups is 1. The molecule has 1 aliphatic rings. The summed E-state index contributed by atoms with van der Waals surface area (Å²) in [6.45, 7) is 0. The minimum Gasteiger partial charge on any atom is -0.506 e. The number of rotatable bonds is 3. The lowest BCUT2D eigenvalue weighted by molar-refractivity contribution is -0.384. The summed E-state index contributed by atoms with van der Waals surface area (Å²) >= 11 is 4.92. The van der Waals surface area contributed by atoms with Crippen LogP contribution in [0.1, 0.15) is 12.8 Å². The average molecular weight is 281 g/mol. The van der Waals surface area contributed by atoms with E-state index in [4.69, 9.17) is 12.2 Å². The Bertz CT molecular complexity index is 557. The van der Waals surface area contributed by atoms with Crippen LogP contribution in [0.4, 0.5) is 11.4 Å². The smallest absolute Gasteiger partial charge is 0.273 e. The fourth-order valence-electron chi connectivity index (χ4n) is 1.45. The summed E-state index contributed by atoms with van der Waals surface area (Å²) in [5.41, 5.74) is -0.0253. The second-order valence-corrected chi connectivity index (χ2v) is 4.58. The molecule has 0 bridgehead atoms. The molecule has 8 heteroatoms. The van der Waals surface area contributed by atoms with Crippen molar-refractivity contribution in [1.29, 1.82) is 0 Å². The monoisotopic (exact) mass is 281 g/mol. The van der Waals surface area contributed by atoms with Crippen molar-refractivity contribution < 1.29 is 14.8 Å². The predicted molar refractivity (Wildman–Crippen MR) is 71.8 cm³/mol. The summed E-state index contributed by atoms with van der Waals surface area (Å²) in [7, 11) is 0. The molecule has 0 atom stereocenters. The van der Waals surface area contributed by atoms with Gasteiger partial charge < -0.3 is 15.7 Å². The Morgan fingerprint density at radius 2 is 2.16 bits per heavy atom. The summed E-state index contributed by atoms with van der Waals surface area (Å²) in [6, 6.07) is 3.56. The summed E-state index contributed by atoms with van der Waals surface area (Å²) in [6.07, 6.45) is 1.72. The van der Waals surface area contributed by atoms with E-state index in [1.54, 1.807) is 0 Å². The van der Waals surface area contributed by atoms with E-state index in [9.17, 15) is 20.0 Å². The zero-order valence-electron chi connectivity index (χ0n) is 9.75. The van der Waals surface area contributed by atoms with Crippen molar-refractivity contribution in [2.24, 2.45) is 5.92 Å². The van der Waals surface area contributed by atoms with Gasteiger partial charge in [-0.1, -0.05) is 0 Å². The Morgan fingerprint density at radius 1 is 1.47 bits per heavy atom. The summed E-state index contributed by atoms with van der Waals surface area (Å²) in [5.74, 6) is -0.443. The maximum absolute atomic E-state index is 11.4. The number of nitro groups is 1. The molecule has 7 nitrogen and oxygen atoms in total. The first-order chi connectivity index (χ1) is 8.97. The molecule has 1 aromatic carbocycles. The van der Waals surface area contributed by atoms with Crippen LogP contribution in [0.5, 0.6) is 5.75 Å². The Kier molecular flexibility index (Phi) is 3.61. The number of phenols is 1. The molecule has 1 amide bonds. The Morgan fingerprint density at radius 3 is 2.68 bits per heavy atom. The number of nitrogens with zero attached hydrogens (tertiary/aromatic N) is 1. The lowest BCUT2D eigenvalue weighted by Crippen LogP contribution is -2.35. The van der Waals surface area contributed by atoms with Gasteiger partial charge in [0.05, 0.1) is 16.7 Å². The number of benzene rings is 1. The van der Waals surface area contributed by atoms with Crippen LogP contribution in [-0.2, 0) is 4.79 Å². The highest BCUT2D eigenvalue weighted by Crippen LogP contribution is 2.29. The van der Waals surface area contributed by atoms with Crippen molar-refractivity contribution in [1.82, 2.24) is 5.32 Å². The summed E-state index contributed by atoms with van der Waals surface area (Å²) < 4.78 is 0. The predicted octanol–water partition coefficient (Wildman–Crippen LogP) is 1.52. The summed E-state index contributed by atoms with van der Waals surface area (Å²) in [5, 5.41) is 25.3. The van der Waals surface area contributed by atoms with E-state index in [0.29, 0.717) is 0 Å². The number of thiocarbonyl (C=S) groups is 1. The number of nitrogens with one attached hydrogen (secondary N) is 2. The van der Waals surface area contributed by atoms with E-state index in [0.717, 1.165) is 18.9 Å². The van der Waals surface area contributed by atoms with E-state index in [1.165, 1.54) is 12.1 Å². The van der Waals surface area contributed by atoms with Gasteiger partial charge in [-0.05, 0) is 31.1 Å². The van der Waals surface area contributed by atoms with Gasteiger partial charge in [-0.3, -0.25) is 14.9 Å². The van der Waals surface area contributed by atoms with Gasteiger partial charge in [-0.25, -0.2) is 0 Å². The topological polar surface area (TPSA) is 104 Å². The van der Waals surface area contributed by atoms with Crippen molar-refractivity contribution in [2.75, 3.05) is 5.32 Å². The number of aromatic hydroxyl groups is 1. The molecular weight excluding hydrogens is 270 g/mol. The van der Waals surface area contributed by atoms with E-state index in [2.05, 4.69) is 10.6 Å². The van der Waals surface area contributed by atoms with Crippen LogP contribution in [0.25, 0.3) is 0 Å². The van der Waals surface area contributed by atoms with Gasteiger partial charge in [0.25, 0.3) is 5.69 Å². The zero-order chi connectivity index (χ0) is 14.0. The van der Waals surface area contributed by atoms with E-state index in [1.807, 2.05) is 0 Å². The van der Waals surface area contributed by atoms with Crippen LogP contribution in [0.15, 0.2) is 18.2 Å². The molecule has 1 aliphatic carbocycles. The van der Waals surface area contributed by atoms with Crippen LogP contribution >= 0.6 is 12.2 Å². The van der Waals surface area contributed by atoms with Crippen LogP contribution in [-0.4, -0.2) is 21.0 Å². The number of amides is 1. The SMILES string of the molecule is O=C(NC(=S)Nc1ccc([N+](=O)[O-])cc1O)C1CC1. The highest BCUT2D eigenvalue weighted by molar-refractivity contribution is 7.80.